The van der Waals surface area contributed by atoms with Crippen LogP contribution in [0.3, 0.4) is 0 Å². The van der Waals surface area contributed by atoms with Gasteiger partial charge >= 0.3 is 0 Å². The molecule has 0 atom stereocenters. The maximum absolute atomic E-state index is 12.6. The van der Waals surface area contributed by atoms with Crippen molar-refractivity contribution in [2.75, 3.05) is 17.3 Å². The van der Waals surface area contributed by atoms with Crippen molar-refractivity contribution in [3.8, 4) is 5.75 Å². The summed E-state index contributed by atoms with van der Waals surface area (Å²) in [6.07, 6.45) is 1.62. The minimum atomic E-state index is -0.357. The second-order valence-corrected chi connectivity index (χ2v) is 6.04. The van der Waals surface area contributed by atoms with E-state index in [0.717, 1.165) is 22.8 Å². The molecule has 0 aliphatic rings. The molecule has 0 saturated heterocycles. The SMILES string of the molecule is CCOc1ccc(Nc2ncccc2C(=O)NNc2nc(C)cc(C)n2)cc1. The highest BCUT2D eigenvalue weighted by Crippen LogP contribution is 2.21. The van der Waals surface area contributed by atoms with Crippen molar-refractivity contribution in [1.82, 2.24) is 20.4 Å². The Morgan fingerprint density at radius 3 is 2.46 bits per heavy atom. The zero-order valence-corrected chi connectivity index (χ0v) is 16.0. The van der Waals surface area contributed by atoms with Crippen LogP contribution < -0.4 is 20.9 Å². The van der Waals surface area contributed by atoms with Crippen molar-refractivity contribution in [2.24, 2.45) is 0 Å². The molecule has 8 nitrogen and oxygen atoms in total. The van der Waals surface area contributed by atoms with Crippen LogP contribution in [-0.4, -0.2) is 27.5 Å². The number of benzene rings is 1. The first kappa shape index (κ1) is 19.1. The van der Waals surface area contributed by atoms with Crippen LogP contribution in [0.2, 0.25) is 0 Å². The predicted molar refractivity (Wildman–Crippen MR) is 108 cm³/mol. The summed E-state index contributed by atoms with van der Waals surface area (Å²) in [4.78, 5) is 25.3. The molecule has 0 bridgehead atoms. The fraction of sp³-hybridized carbons (Fsp3) is 0.200. The zero-order valence-electron chi connectivity index (χ0n) is 16.0. The molecule has 28 heavy (non-hydrogen) atoms. The standard InChI is InChI=1S/C20H22N6O2/c1-4-28-16-9-7-15(8-10-16)24-18-17(6-5-11-21-18)19(27)25-26-20-22-13(2)12-14(3)23-20/h5-12H,4H2,1-3H3,(H,21,24)(H,25,27)(H,22,23,26). The molecule has 144 valence electrons. The van der Waals surface area contributed by atoms with E-state index in [1.165, 1.54) is 0 Å². The highest BCUT2D eigenvalue weighted by atomic mass is 16.5. The lowest BCUT2D eigenvalue weighted by atomic mass is 10.2. The van der Waals surface area contributed by atoms with E-state index in [1.807, 2.05) is 51.1 Å². The third kappa shape index (κ3) is 4.94. The lowest BCUT2D eigenvalue weighted by molar-refractivity contribution is 0.0963. The lowest BCUT2D eigenvalue weighted by Crippen LogP contribution is -2.31. The zero-order chi connectivity index (χ0) is 19.9. The van der Waals surface area contributed by atoms with E-state index >= 15 is 0 Å². The number of pyridine rings is 1. The Bertz CT molecular complexity index is 939. The molecule has 0 unspecified atom stereocenters. The Balaban J connectivity index is 1.71. The van der Waals surface area contributed by atoms with E-state index in [1.54, 1.807) is 18.3 Å². The summed E-state index contributed by atoms with van der Waals surface area (Å²) in [7, 11) is 0. The van der Waals surface area contributed by atoms with Gasteiger partial charge in [-0.1, -0.05) is 0 Å². The molecule has 3 aromatic rings. The van der Waals surface area contributed by atoms with E-state index in [0.29, 0.717) is 23.9 Å². The average molecular weight is 378 g/mol. The van der Waals surface area contributed by atoms with Crippen molar-refractivity contribution >= 4 is 23.4 Å². The van der Waals surface area contributed by atoms with Gasteiger partial charge in [0.05, 0.1) is 12.2 Å². The molecular formula is C20H22N6O2. The summed E-state index contributed by atoms with van der Waals surface area (Å²) in [6, 6.07) is 12.7. The molecule has 0 aliphatic carbocycles. The van der Waals surface area contributed by atoms with Gasteiger partial charge in [0.25, 0.3) is 5.91 Å². The van der Waals surface area contributed by atoms with Crippen molar-refractivity contribution in [3.05, 3.63) is 65.6 Å². The number of amides is 1. The van der Waals surface area contributed by atoms with E-state index in [-0.39, 0.29) is 5.91 Å². The van der Waals surface area contributed by atoms with Gasteiger partial charge in [0.15, 0.2) is 0 Å². The van der Waals surface area contributed by atoms with E-state index in [2.05, 4.69) is 31.1 Å². The van der Waals surface area contributed by atoms with Crippen LogP contribution in [0.25, 0.3) is 0 Å². The van der Waals surface area contributed by atoms with Gasteiger partial charge in [-0.25, -0.2) is 15.0 Å². The van der Waals surface area contributed by atoms with Gasteiger partial charge in [0.1, 0.15) is 11.6 Å². The van der Waals surface area contributed by atoms with Crippen molar-refractivity contribution < 1.29 is 9.53 Å². The molecule has 3 N–H and O–H groups in total. The normalized spacial score (nSPS) is 10.2. The topological polar surface area (TPSA) is 101 Å². The summed E-state index contributed by atoms with van der Waals surface area (Å²) in [6.45, 7) is 6.26. The van der Waals surface area contributed by atoms with Crippen LogP contribution in [0, 0.1) is 13.8 Å². The maximum Gasteiger partial charge on any atom is 0.273 e. The number of nitrogens with one attached hydrogen (secondary N) is 3. The van der Waals surface area contributed by atoms with Crippen LogP contribution in [0.5, 0.6) is 5.75 Å². The molecule has 2 aromatic heterocycles. The lowest BCUT2D eigenvalue weighted by Gasteiger charge is -2.12. The number of carbonyl (C=O) groups excluding carboxylic acids is 1. The van der Waals surface area contributed by atoms with E-state index in [4.69, 9.17) is 4.74 Å². The number of nitrogens with zero attached hydrogens (tertiary/aromatic N) is 3. The number of aromatic nitrogens is 3. The molecule has 0 spiro atoms. The molecule has 1 aromatic carbocycles. The Morgan fingerprint density at radius 1 is 1.07 bits per heavy atom. The summed E-state index contributed by atoms with van der Waals surface area (Å²) in [5.74, 6) is 1.19. The fourth-order valence-corrected chi connectivity index (χ4v) is 2.59. The van der Waals surface area contributed by atoms with Gasteiger partial charge in [-0.15, -0.1) is 0 Å². The monoisotopic (exact) mass is 378 g/mol. The minimum absolute atomic E-state index is 0.329. The van der Waals surface area contributed by atoms with Gasteiger partial charge in [0.2, 0.25) is 5.95 Å². The second-order valence-electron chi connectivity index (χ2n) is 6.04. The number of hydrogen-bond donors (Lipinski definition) is 3. The third-order valence-electron chi connectivity index (χ3n) is 3.75. The van der Waals surface area contributed by atoms with Crippen LogP contribution in [-0.2, 0) is 0 Å². The average Bonchev–Trinajstić information content (AvgIpc) is 2.67. The number of hydrazine groups is 1. The largest absolute Gasteiger partial charge is 0.494 e. The fourth-order valence-electron chi connectivity index (χ4n) is 2.59. The number of aryl methyl sites for hydroxylation is 2. The van der Waals surface area contributed by atoms with Gasteiger partial charge < -0.3 is 10.1 Å². The molecule has 2 heterocycles. The summed E-state index contributed by atoms with van der Waals surface area (Å²) < 4.78 is 5.44. The van der Waals surface area contributed by atoms with Gasteiger partial charge in [-0.3, -0.25) is 15.6 Å². The van der Waals surface area contributed by atoms with Crippen LogP contribution >= 0.6 is 0 Å². The van der Waals surface area contributed by atoms with Gasteiger partial charge in [0, 0.05) is 23.3 Å². The minimum Gasteiger partial charge on any atom is -0.494 e. The van der Waals surface area contributed by atoms with Crippen molar-refractivity contribution in [1.29, 1.82) is 0 Å². The van der Waals surface area contributed by atoms with Crippen LogP contribution in [0.4, 0.5) is 17.5 Å². The first-order valence-electron chi connectivity index (χ1n) is 8.88. The molecule has 0 saturated carbocycles. The molecule has 1 amide bonds. The Kier molecular flexibility index (Phi) is 6.01. The maximum atomic E-state index is 12.6. The van der Waals surface area contributed by atoms with Crippen LogP contribution in [0.1, 0.15) is 28.7 Å². The quantitative estimate of drug-likeness (QED) is 0.542. The van der Waals surface area contributed by atoms with E-state index in [9.17, 15) is 4.79 Å². The molecular weight excluding hydrogens is 356 g/mol. The third-order valence-corrected chi connectivity index (χ3v) is 3.75. The smallest absolute Gasteiger partial charge is 0.273 e. The summed E-state index contributed by atoms with van der Waals surface area (Å²) >= 11 is 0. The first-order valence-corrected chi connectivity index (χ1v) is 8.88. The summed E-state index contributed by atoms with van der Waals surface area (Å²) in [5, 5.41) is 3.15. The van der Waals surface area contributed by atoms with Crippen molar-refractivity contribution in [2.45, 2.75) is 20.8 Å². The number of anilines is 3. The van der Waals surface area contributed by atoms with E-state index < -0.39 is 0 Å². The number of hydrogen-bond acceptors (Lipinski definition) is 7. The number of rotatable bonds is 7. The van der Waals surface area contributed by atoms with Gasteiger partial charge in [-0.05, 0) is 63.2 Å². The molecule has 0 fully saturated rings. The van der Waals surface area contributed by atoms with Gasteiger partial charge in [-0.2, -0.15) is 0 Å². The second kappa shape index (κ2) is 8.81. The Morgan fingerprint density at radius 2 is 1.79 bits per heavy atom. The summed E-state index contributed by atoms with van der Waals surface area (Å²) in [5.41, 5.74) is 8.14. The number of ether oxygens (including phenoxy) is 1. The van der Waals surface area contributed by atoms with Crippen molar-refractivity contribution in [3.63, 3.8) is 0 Å². The highest BCUT2D eigenvalue weighted by molar-refractivity contribution is 5.99. The first-order chi connectivity index (χ1) is 13.5. The molecule has 8 heteroatoms. The Labute approximate surface area is 163 Å². The number of carbonyl (C=O) groups is 1. The van der Waals surface area contributed by atoms with Crippen LogP contribution in [0.15, 0.2) is 48.7 Å². The predicted octanol–water partition coefficient (Wildman–Crippen LogP) is 3.39. The Hall–Kier alpha value is -3.68. The molecule has 3 rings (SSSR count). The highest BCUT2D eigenvalue weighted by Gasteiger charge is 2.13. The molecule has 0 aliphatic heterocycles. The molecule has 0 radical (unpaired) electrons.